The largest absolute Gasteiger partial charge is 0.481 e. The molecule has 0 aromatic carbocycles. The summed E-state index contributed by atoms with van der Waals surface area (Å²) in [6.07, 6.45) is 6.61. The van der Waals surface area contributed by atoms with Crippen molar-refractivity contribution in [3.8, 4) is 0 Å². The number of aryl methyl sites for hydroxylation is 1. The van der Waals surface area contributed by atoms with Crippen molar-refractivity contribution < 1.29 is 14.7 Å². The first-order valence-electron chi connectivity index (χ1n) is 12.4. The molecule has 4 rings (SSSR count). The molecule has 36 heavy (non-hydrogen) atoms. The molecular weight excluding hydrogens is 496 g/mol. The van der Waals surface area contributed by atoms with Crippen LogP contribution < -0.4 is 10.5 Å². The molecule has 0 saturated carbocycles. The van der Waals surface area contributed by atoms with Gasteiger partial charge in [0.05, 0.1) is 10.5 Å². The number of nitrogens with zero attached hydrogens (tertiary/aromatic N) is 4. The van der Waals surface area contributed by atoms with Gasteiger partial charge in [-0.2, -0.15) is 0 Å². The van der Waals surface area contributed by atoms with Crippen LogP contribution in [0.4, 0.5) is 5.82 Å². The number of hydrogen-bond acceptors (Lipinski definition) is 7. The maximum absolute atomic E-state index is 13.7. The Hall–Kier alpha value is -2.72. The van der Waals surface area contributed by atoms with Crippen LogP contribution in [0.25, 0.3) is 11.7 Å². The average molecular weight is 529 g/mol. The molecule has 2 aromatic rings. The Morgan fingerprint density at radius 3 is 2.61 bits per heavy atom. The van der Waals surface area contributed by atoms with Crippen LogP contribution in [0.5, 0.6) is 0 Å². The number of rotatable bonds is 8. The minimum atomic E-state index is -0.817. The number of carbonyl (C=O) groups is 2. The molecule has 1 N–H and O–H groups in total. The van der Waals surface area contributed by atoms with Crippen LogP contribution in [0.2, 0.25) is 0 Å². The van der Waals surface area contributed by atoms with Gasteiger partial charge in [-0.3, -0.25) is 23.7 Å². The van der Waals surface area contributed by atoms with E-state index >= 15 is 0 Å². The molecule has 2 fully saturated rings. The standard InChI is InChI=1S/C26H32N4O4S2/c1-16-8-9-21-27-23(28-13-17(2)11-18(3)14-28)19(24(33)30(21)15-16)12-20-25(34)29(26(35)36-20)10-6-4-5-7-22(31)32/h8-9,12,15,17-18H,4-7,10-11,13-14H2,1-3H3,(H,31,32). The Bertz CT molecular complexity index is 1280. The predicted molar refractivity (Wildman–Crippen MR) is 147 cm³/mol. The fourth-order valence-corrected chi connectivity index (χ4v) is 6.29. The molecule has 192 valence electrons. The highest BCUT2D eigenvalue weighted by Gasteiger charge is 2.33. The number of amides is 1. The number of anilines is 1. The average Bonchev–Trinajstić information content (AvgIpc) is 3.07. The molecule has 0 spiro atoms. The fourth-order valence-electron chi connectivity index (χ4n) is 5.00. The van der Waals surface area contributed by atoms with E-state index in [0.29, 0.717) is 63.9 Å². The quantitative estimate of drug-likeness (QED) is 0.307. The van der Waals surface area contributed by atoms with Crippen LogP contribution in [0.1, 0.15) is 57.1 Å². The Labute approximate surface area is 220 Å². The smallest absolute Gasteiger partial charge is 0.303 e. The SMILES string of the molecule is Cc1ccc2nc(N3CC(C)CC(C)C3)c(C=C3SC(=S)N(CCCCCC(=O)O)C3=O)c(=O)n2c1. The molecule has 1 amide bonds. The van der Waals surface area contributed by atoms with Crippen molar-refractivity contribution in [3.05, 3.63) is 44.7 Å². The van der Waals surface area contributed by atoms with Gasteiger partial charge in [0.15, 0.2) is 0 Å². The third kappa shape index (κ3) is 5.81. The van der Waals surface area contributed by atoms with Gasteiger partial charge in [-0.15, -0.1) is 0 Å². The van der Waals surface area contributed by atoms with Crippen LogP contribution in [0.3, 0.4) is 0 Å². The van der Waals surface area contributed by atoms with E-state index < -0.39 is 5.97 Å². The third-order valence-electron chi connectivity index (χ3n) is 6.58. The number of fused-ring (bicyclic) bond motifs is 1. The monoisotopic (exact) mass is 528 g/mol. The van der Waals surface area contributed by atoms with E-state index in [9.17, 15) is 14.4 Å². The first-order valence-corrected chi connectivity index (χ1v) is 13.6. The summed E-state index contributed by atoms with van der Waals surface area (Å²) in [6.45, 7) is 8.38. The van der Waals surface area contributed by atoms with Crippen molar-refractivity contribution in [2.24, 2.45) is 11.8 Å². The van der Waals surface area contributed by atoms with Crippen LogP contribution in [0.15, 0.2) is 28.0 Å². The number of aliphatic carboxylic acids is 1. The van der Waals surface area contributed by atoms with E-state index in [1.54, 1.807) is 21.6 Å². The lowest BCUT2D eigenvalue weighted by Crippen LogP contribution is -2.40. The Morgan fingerprint density at radius 1 is 1.19 bits per heavy atom. The van der Waals surface area contributed by atoms with Crippen molar-refractivity contribution in [1.29, 1.82) is 0 Å². The molecule has 2 unspecified atom stereocenters. The molecule has 0 bridgehead atoms. The number of pyridine rings is 1. The summed E-state index contributed by atoms with van der Waals surface area (Å²) in [5.74, 6) is 0.519. The molecule has 0 aliphatic carbocycles. The number of carboxylic acids is 1. The van der Waals surface area contributed by atoms with Gasteiger partial charge in [-0.1, -0.05) is 50.3 Å². The number of unbranched alkanes of at least 4 members (excludes halogenated alkanes) is 2. The van der Waals surface area contributed by atoms with E-state index in [-0.39, 0.29) is 17.9 Å². The van der Waals surface area contributed by atoms with Gasteiger partial charge in [0.25, 0.3) is 11.5 Å². The number of piperidine rings is 1. The van der Waals surface area contributed by atoms with Crippen LogP contribution >= 0.6 is 24.0 Å². The lowest BCUT2D eigenvalue weighted by atomic mass is 9.91. The van der Waals surface area contributed by atoms with E-state index in [0.717, 1.165) is 25.1 Å². The number of thioether (sulfide) groups is 1. The maximum Gasteiger partial charge on any atom is 0.303 e. The van der Waals surface area contributed by atoms with Gasteiger partial charge in [0.1, 0.15) is 15.8 Å². The summed E-state index contributed by atoms with van der Waals surface area (Å²) >= 11 is 6.67. The van der Waals surface area contributed by atoms with Gasteiger partial charge < -0.3 is 10.0 Å². The molecule has 2 atom stereocenters. The number of thiocarbonyl (C=S) groups is 1. The molecule has 2 aliphatic rings. The summed E-state index contributed by atoms with van der Waals surface area (Å²) in [5, 5.41) is 8.80. The summed E-state index contributed by atoms with van der Waals surface area (Å²) < 4.78 is 2.00. The molecular formula is C26H32N4O4S2. The zero-order chi connectivity index (χ0) is 26.0. The number of aromatic nitrogens is 2. The fraction of sp³-hybridized carbons (Fsp3) is 0.500. The van der Waals surface area contributed by atoms with Crippen molar-refractivity contribution in [1.82, 2.24) is 14.3 Å². The highest BCUT2D eigenvalue weighted by Crippen LogP contribution is 2.34. The van der Waals surface area contributed by atoms with E-state index in [1.807, 2.05) is 19.1 Å². The van der Waals surface area contributed by atoms with Crippen LogP contribution in [-0.4, -0.2) is 55.2 Å². The second kappa shape index (κ2) is 11.1. The first kappa shape index (κ1) is 26.3. The minimum absolute atomic E-state index is 0.118. The zero-order valence-electron chi connectivity index (χ0n) is 20.9. The molecule has 10 heteroatoms. The summed E-state index contributed by atoms with van der Waals surface area (Å²) in [4.78, 5) is 46.7. The van der Waals surface area contributed by atoms with Crippen molar-refractivity contribution in [2.45, 2.75) is 52.9 Å². The Kier molecular flexibility index (Phi) is 8.14. The van der Waals surface area contributed by atoms with E-state index in [4.69, 9.17) is 22.3 Å². The summed E-state index contributed by atoms with van der Waals surface area (Å²) in [5.41, 5.74) is 1.72. The van der Waals surface area contributed by atoms with Gasteiger partial charge in [-0.05, 0) is 55.7 Å². The molecule has 2 saturated heterocycles. The van der Waals surface area contributed by atoms with Crippen molar-refractivity contribution in [3.63, 3.8) is 0 Å². The van der Waals surface area contributed by atoms with Gasteiger partial charge in [0.2, 0.25) is 0 Å². The van der Waals surface area contributed by atoms with Crippen molar-refractivity contribution >= 4 is 57.7 Å². The number of carbonyl (C=O) groups excluding carboxylic acids is 1. The van der Waals surface area contributed by atoms with E-state index in [2.05, 4.69) is 18.7 Å². The van der Waals surface area contributed by atoms with E-state index in [1.165, 1.54) is 11.8 Å². The van der Waals surface area contributed by atoms with Gasteiger partial charge in [-0.25, -0.2) is 4.98 Å². The maximum atomic E-state index is 13.7. The Morgan fingerprint density at radius 2 is 1.92 bits per heavy atom. The molecule has 8 nitrogen and oxygen atoms in total. The number of carboxylic acid groups (broad SMARTS) is 1. The lowest BCUT2D eigenvalue weighted by Gasteiger charge is -2.36. The second-order valence-electron chi connectivity index (χ2n) is 9.98. The summed E-state index contributed by atoms with van der Waals surface area (Å²) in [7, 11) is 0. The summed E-state index contributed by atoms with van der Waals surface area (Å²) in [6, 6.07) is 3.79. The topological polar surface area (TPSA) is 95.2 Å². The van der Waals surface area contributed by atoms with Crippen LogP contribution in [-0.2, 0) is 9.59 Å². The first-order chi connectivity index (χ1) is 17.1. The molecule has 0 radical (unpaired) electrons. The second-order valence-corrected chi connectivity index (χ2v) is 11.7. The molecule has 2 aromatic heterocycles. The highest BCUT2D eigenvalue weighted by atomic mass is 32.2. The van der Waals surface area contributed by atoms with Crippen LogP contribution in [0, 0.1) is 18.8 Å². The Balaban J connectivity index is 1.67. The number of hydrogen-bond donors (Lipinski definition) is 1. The predicted octanol–water partition coefficient (Wildman–Crippen LogP) is 4.33. The third-order valence-corrected chi connectivity index (χ3v) is 7.95. The minimum Gasteiger partial charge on any atom is -0.481 e. The highest BCUT2D eigenvalue weighted by molar-refractivity contribution is 8.26. The normalized spacial score (nSPS) is 21.7. The lowest BCUT2D eigenvalue weighted by molar-refractivity contribution is -0.137. The molecule has 4 heterocycles. The molecule has 2 aliphatic heterocycles. The van der Waals surface area contributed by atoms with Gasteiger partial charge in [0, 0.05) is 32.3 Å². The zero-order valence-corrected chi connectivity index (χ0v) is 22.5. The van der Waals surface area contributed by atoms with Crippen molar-refractivity contribution in [2.75, 3.05) is 24.5 Å². The van der Waals surface area contributed by atoms with Gasteiger partial charge >= 0.3 is 5.97 Å².